The van der Waals surface area contributed by atoms with Crippen molar-refractivity contribution in [3.05, 3.63) is 34.9 Å². The van der Waals surface area contributed by atoms with Crippen LogP contribution in [0.15, 0.2) is 24.3 Å². The van der Waals surface area contributed by atoms with Crippen molar-refractivity contribution in [2.75, 3.05) is 0 Å². The van der Waals surface area contributed by atoms with Crippen LogP contribution in [-0.2, 0) is 4.57 Å². The molecule has 1 aromatic rings. The molecule has 0 aromatic heterocycles. The Morgan fingerprint density at radius 1 is 1.11 bits per heavy atom. The van der Waals surface area contributed by atoms with Crippen molar-refractivity contribution in [2.24, 2.45) is 0 Å². The maximum Gasteiger partial charge on any atom is 0.286 e. The lowest BCUT2D eigenvalue weighted by Gasteiger charge is -2.37. The van der Waals surface area contributed by atoms with Crippen molar-refractivity contribution in [3.8, 4) is 6.07 Å². The molecule has 1 saturated carbocycles. The number of nitrogens with one attached hydrogen (secondary N) is 1. The molecular weight excluding hydrogens is 379 g/mol. The first-order valence-corrected chi connectivity index (χ1v) is 11.9. The summed E-state index contributed by atoms with van der Waals surface area (Å²) < 4.78 is 18.9. The Morgan fingerprint density at radius 2 is 1.63 bits per heavy atom. The molecule has 0 bridgehead atoms. The maximum atomic E-state index is 14.5. The number of rotatable bonds is 5. The van der Waals surface area contributed by atoms with Gasteiger partial charge in [-0.3, -0.25) is 4.57 Å². The van der Waals surface area contributed by atoms with E-state index in [-0.39, 0.29) is 24.2 Å². The molecule has 1 aliphatic heterocycles. The van der Waals surface area contributed by atoms with Gasteiger partial charge in [0.15, 0.2) is 0 Å². The molecule has 3 rings (SSSR count). The number of halogens is 1. The molecule has 1 aliphatic carbocycles. The van der Waals surface area contributed by atoms with Gasteiger partial charge in [0.2, 0.25) is 0 Å². The van der Waals surface area contributed by atoms with E-state index in [4.69, 9.17) is 11.6 Å². The van der Waals surface area contributed by atoms with Gasteiger partial charge in [-0.1, -0.05) is 42.6 Å². The van der Waals surface area contributed by atoms with Crippen molar-refractivity contribution >= 4 is 19.2 Å². The Hall–Kier alpha value is -0.890. The largest absolute Gasteiger partial charge is 0.286 e. The van der Waals surface area contributed by atoms with Crippen molar-refractivity contribution in [3.63, 3.8) is 0 Å². The number of fused-ring (bicyclic) bond motifs is 1. The number of hydrogen-bond acceptors (Lipinski definition) is 2. The lowest BCUT2D eigenvalue weighted by Crippen LogP contribution is -2.43. The molecule has 5 nitrogen and oxygen atoms in total. The Morgan fingerprint density at radius 3 is 2.07 bits per heavy atom. The van der Waals surface area contributed by atoms with E-state index in [0.29, 0.717) is 10.6 Å². The highest BCUT2D eigenvalue weighted by Crippen LogP contribution is 2.63. The third-order valence-electron chi connectivity index (χ3n) is 5.70. The predicted molar refractivity (Wildman–Crippen MR) is 111 cm³/mol. The van der Waals surface area contributed by atoms with E-state index in [0.717, 1.165) is 12.8 Å². The number of hydrogen-bond donors (Lipinski definition) is 1. The van der Waals surface area contributed by atoms with Crippen molar-refractivity contribution in [1.29, 1.82) is 5.26 Å². The van der Waals surface area contributed by atoms with Crippen molar-refractivity contribution < 1.29 is 4.57 Å². The molecule has 0 radical (unpaired) electrons. The highest BCUT2D eigenvalue weighted by molar-refractivity contribution is 7.57. The molecule has 7 heteroatoms. The molecule has 3 atom stereocenters. The molecule has 1 saturated heterocycles. The van der Waals surface area contributed by atoms with Gasteiger partial charge in [0, 0.05) is 34.8 Å². The van der Waals surface area contributed by atoms with Gasteiger partial charge in [-0.2, -0.15) is 5.26 Å². The first-order valence-electron chi connectivity index (χ1n) is 9.90. The first-order chi connectivity index (χ1) is 12.8. The Labute approximate surface area is 168 Å². The summed E-state index contributed by atoms with van der Waals surface area (Å²) in [6.45, 7) is 8.39. The van der Waals surface area contributed by atoms with E-state index in [1.165, 1.54) is 12.8 Å². The van der Waals surface area contributed by atoms with Crippen LogP contribution in [-0.4, -0.2) is 33.5 Å². The smallest absolute Gasteiger partial charge is 0.270 e. The molecule has 148 valence electrons. The standard InChI is InChI=1S/C20H30ClN4OP/c1-14(2)24-19-11-7-8-12-20(19)25(15(3)4)27(24,26)23-18(13-22)16-9-5-6-10-17(16)21/h5-6,9-10,14-15,18-20H,7-8,11-12H2,1-4H3,(H,23,26)/t18-,19-,20-/m1/s1. The summed E-state index contributed by atoms with van der Waals surface area (Å²) in [6.07, 6.45) is 4.45. The summed E-state index contributed by atoms with van der Waals surface area (Å²) in [5.74, 6) is 0. The Bertz CT molecular complexity index is 735. The van der Waals surface area contributed by atoms with Crippen molar-refractivity contribution in [2.45, 2.75) is 83.6 Å². The quantitative estimate of drug-likeness (QED) is 0.665. The summed E-state index contributed by atoms with van der Waals surface area (Å²) in [6, 6.07) is 9.67. The summed E-state index contributed by atoms with van der Waals surface area (Å²) in [5, 5.41) is 13.7. The summed E-state index contributed by atoms with van der Waals surface area (Å²) >= 11 is 6.34. The fraction of sp³-hybridized carbons (Fsp3) is 0.650. The average Bonchev–Trinajstić information content (AvgIpc) is 2.88. The van der Waals surface area contributed by atoms with E-state index in [1.54, 1.807) is 6.07 Å². The van der Waals surface area contributed by atoms with Crippen LogP contribution in [0, 0.1) is 11.3 Å². The van der Waals surface area contributed by atoms with Crippen LogP contribution in [0.25, 0.3) is 0 Å². The molecule has 2 fully saturated rings. The second-order valence-corrected chi connectivity index (χ2v) is 10.8. The van der Waals surface area contributed by atoms with Gasteiger partial charge in [-0.25, -0.2) is 14.4 Å². The van der Waals surface area contributed by atoms with Gasteiger partial charge in [0.25, 0.3) is 7.59 Å². The highest BCUT2D eigenvalue weighted by atomic mass is 35.5. The van der Waals surface area contributed by atoms with Gasteiger partial charge in [0.05, 0.1) is 6.07 Å². The lowest BCUT2D eigenvalue weighted by atomic mass is 9.89. The molecule has 2 aliphatic rings. The summed E-state index contributed by atoms with van der Waals surface area (Å²) in [4.78, 5) is 0. The van der Waals surface area contributed by atoms with Gasteiger partial charge < -0.3 is 0 Å². The van der Waals surface area contributed by atoms with E-state index in [1.807, 2.05) is 18.2 Å². The van der Waals surface area contributed by atoms with E-state index < -0.39 is 13.6 Å². The monoisotopic (exact) mass is 408 g/mol. The average molecular weight is 409 g/mol. The number of nitriles is 1. The van der Waals surface area contributed by atoms with Crippen LogP contribution < -0.4 is 5.09 Å². The van der Waals surface area contributed by atoms with Crippen LogP contribution in [0.3, 0.4) is 0 Å². The summed E-state index contributed by atoms with van der Waals surface area (Å²) in [5.41, 5.74) is 0.680. The van der Waals surface area contributed by atoms with E-state index in [2.05, 4.69) is 48.2 Å². The maximum absolute atomic E-state index is 14.5. The molecule has 1 N–H and O–H groups in total. The second kappa shape index (κ2) is 8.23. The third kappa shape index (κ3) is 3.71. The molecular formula is C20H30ClN4OP. The van der Waals surface area contributed by atoms with E-state index in [9.17, 15) is 9.83 Å². The minimum atomic E-state index is -3.13. The summed E-state index contributed by atoms with van der Waals surface area (Å²) in [7, 11) is -3.13. The minimum absolute atomic E-state index is 0.128. The number of benzene rings is 1. The minimum Gasteiger partial charge on any atom is -0.270 e. The highest BCUT2D eigenvalue weighted by Gasteiger charge is 2.57. The normalized spacial score (nSPS) is 26.9. The SMILES string of the molecule is CC(C)N1[C@@H]2CCCC[C@H]2N(C(C)C)P1(=O)N[C@H](C#N)c1ccccc1Cl. The van der Waals surface area contributed by atoms with Crippen LogP contribution in [0.5, 0.6) is 0 Å². The first kappa shape index (κ1) is 20.8. The van der Waals surface area contributed by atoms with Crippen LogP contribution in [0.2, 0.25) is 5.02 Å². The molecule has 0 amide bonds. The Kier molecular flexibility index (Phi) is 6.35. The van der Waals surface area contributed by atoms with Crippen LogP contribution >= 0.6 is 19.2 Å². The zero-order chi connectivity index (χ0) is 19.8. The Balaban J connectivity index is 2.04. The fourth-order valence-electron chi connectivity index (χ4n) is 4.80. The van der Waals surface area contributed by atoms with Crippen molar-refractivity contribution in [1.82, 2.24) is 14.4 Å². The van der Waals surface area contributed by atoms with E-state index >= 15 is 0 Å². The van der Waals surface area contributed by atoms with Crippen LogP contribution in [0.1, 0.15) is 65.0 Å². The predicted octanol–water partition coefficient (Wildman–Crippen LogP) is 5.35. The topological polar surface area (TPSA) is 59.4 Å². The number of nitrogens with zero attached hydrogens (tertiary/aromatic N) is 3. The zero-order valence-corrected chi connectivity index (χ0v) is 18.3. The van der Waals surface area contributed by atoms with Gasteiger partial charge in [-0.15, -0.1) is 0 Å². The molecule has 0 unspecified atom stereocenters. The zero-order valence-electron chi connectivity index (χ0n) is 16.6. The lowest BCUT2D eigenvalue weighted by molar-refractivity contribution is 0.173. The third-order valence-corrected chi connectivity index (χ3v) is 9.41. The molecule has 27 heavy (non-hydrogen) atoms. The van der Waals surface area contributed by atoms with Crippen LogP contribution in [0.4, 0.5) is 0 Å². The molecule has 1 heterocycles. The molecule has 0 spiro atoms. The molecule has 1 aromatic carbocycles. The second-order valence-electron chi connectivity index (χ2n) is 8.12. The van der Waals surface area contributed by atoms with Gasteiger partial charge in [-0.05, 0) is 46.6 Å². The van der Waals surface area contributed by atoms with Gasteiger partial charge >= 0.3 is 0 Å². The fourth-order valence-corrected chi connectivity index (χ4v) is 8.68. The van der Waals surface area contributed by atoms with Gasteiger partial charge in [0.1, 0.15) is 6.04 Å².